The van der Waals surface area contributed by atoms with E-state index < -0.39 is 5.91 Å². The standard InChI is InChI=1S/C18H14N6O3/c1-26-14-9-7-12(8-10-14)19-17(25)18-20-16(22-27-18)15-11-24(23-21-15)13-5-3-2-4-6-13/h2-11H,1H3,(H,19,25). The Labute approximate surface area is 153 Å². The largest absolute Gasteiger partial charge is 0.497 e. The Balaban J connectivity index is 1.49. The first-order valence-corrected chi connectivity index (χ1v) is 8.00. The Bertz CT molecular complexity index is 1060. The van der Waals surface area contributed by atoms with Crippen molar-refractivity contribution in [1.82, 2.24) is 25.1 Å². The number of amides is 1. The summed E-state index contributed by atoms with van der Waals surface area (Å²) in [7, 11) is 1.57. The quantitative estimate of drug-likeness (QED) is 0.581. The Morgan fingerprint density at radius 3 is 2.63 bits per heavy atom. The first kappa shape index (κ1) is 16.5. The van der Waals surface area contributed by atoms with Gasteiger partial charge in [0.15, 0.2) is 5.69 Å². The van der Waals surface area contributed by atoms with Crippen LogP contribution in [-0.4, -0.2) is 38.2 Å². The van der Waals surface area contributed by atoms with Crippen LogP contribution in [0.5, 0.6) is 5.75 Å². The van der Waals surface area contributed by atoms with Crippen LogP contribution in [-0.2, 0) is 0 Å². The molecular weight excluding hydrogens is 348 g/mol. The van der Waals surface area contributed by atoms with Crippen LogP contribution in [0.4, 0.5) is 5.69 Å². The zero-order valence-corrected chi connectivity index (χ0v) is 14.2. The molecule has 0 aliphatic rings. The maximum absolute atomic E-state index is 12.3. The van der Waals surface area contributed by atoms with Gasteiger partial charge in [-0.2, -0.15) is 4.98 Å². The highest BCUT2D eigenvalue weighted by atomic mass is 16.5. The Kier molecular flexibility index (Phi) is 4.32. The number of hydrogen-bond donors (Lipinski definition) is 1. The summed E-state index contributed by atoms with van der Waals surface area (Å²) in [5.41, 5.74) is 1.82. The molecule has 0 unspecified atom stereocenters. The average molecular weight is 362 g/mol. The molecule has 134 valence electrons. The van der Waals surface area contributed by atoms with E-state index in [4.69, 9.17) is 9.26 Å². The molecule has 1 N–H and O–H groups in total. The lowest BCUT2D eigenvalue weighted by molar-refractivity contribution is 0.0981. The van der Waals surface area contributed by atoms with E-state index in [9.17, 15) is 4.79 Å². The van der Waals surface area contributed by atoms with Gasteiger partial charge in [0.1, 0.15) is 5.75 Å². The zero-order valence-electron chi connectivity index (χ0n) is 14.2. The van der Waals surface area contributed by atoms with Crippen molar-refractivity contribution in [3.8, 4) is 23.0 Å². The first-order chi connectivity index (χ1) is 13.2. The summed E-state index contributed by atoms with van der Waals surface area (Å²) < 4.78 is 11.7. The van der Waals surface area contributed by atoms with E-state index in [-0.39, 0.29) is 11.7 Å². The Hall–Kier alpha value is -4.01. The van der Waals surface area contributed by atoms with Crippen LogP contribution in [0.1, 0.15) is 10.7 Å². The van der Waals surface area contributed by atoms with E-state index in [0.717, 1.165) is 5.69 Å². The number of nitrogens with one attached hydrogen (secondary N) is 1. The highest BCUT2D eigenvalue weighted by molar-refractivity contribution is 6.01. The van der Waals surface area contributed by atoms with E-state index in [1.165, 1.54) is 0 Å². The molecule has 1 amide bonds. The van der Waals surface area contributed by atoms with Crippen molar-refractivity contribution >= 4 is 11.6 Å². The van der Waals surface area contributed by atoms with Crippen LogP contribution in [0.25, 0.3) is 17.2 Å². The second-order valence-electron chi connectivity index (χ2n) is 5.49. The minimum Gasteiger partial charge on any atom is -0.497 e. The summed E-state index contributed by atoms with van der Waals surface area (Å²) in [6.07, 6.45) is 1.66. The molecule has 0 fully saturated rings. The number of ether oxygens (including phenoxy) is 1. The minimum absolute atomic E-state index is 0.171. The van der Waals surface area contributed by atoms with Gasteiger partial charge in [-0.25, -0.2) is 4.68 Å². The van der Waals surface area contributed by atoms with Gasteiger partial charge in [0.2, 0.25) is 5.82 Å². The fraction of sp³-hybridized carbons (Fsp3) is 0.0556. The molecule has 0 atom stereocenters. The van der Waals surface area contributed by atoms with Crippen LogP contribution in [0.3, 0.4) is 0 Å². The maximum atomic E-state index is 12.3. The molecule has 0 saturated carbocycles. The summed E-state index contributed by atoms with van der Waals surface area (Å²) in [6.45, 7) is 0. The molecule has 0 saturated heterocycles. The molecule has 2 aromatic carbocycles. The van der Waals surface area contributed by atoms with Gasteiger partial charge in [-0.15, -0.1) is 5.10 Å². The van der Waals surface area contributed by atoms with Gasteiger partial charge >= 0.3 is 11.8 Å². The van der Waals surface area contributed by atoms with Gasteiger partial charge < -0.3 is 14.6 Å². The molecule has 4 rings (SSSR count). The fourth-order valence-corrected chi connectivity index (χ4v) is 2.35. The lowest BCUT2D eigenvalue weighted by atomic mass is 10.3. The maximum Gasteiger partial charge on any atom is 0.316 e. The SMILES string of the molecule is COc1ccc(NC(=O)c2nc(-c3cn(-c4ccccc4)nn3)no2)cc1. The number of para-hydroxylation sites is 1. The second kappa shape index (κ2) is 7.08. The number of carbonyl (C=O) groups excluding carboxylic acids is 1. The van der Waals surface area contributed by atoms with Crippen LogP contribution in [0, 0.1) is 0 Å². The topological polar surface area (TPSA) is 108 Å². The molecule has 0 aliphatic carbocycles. The smallest absolute Gasteiger partial charge is 0.316 e. The van der Waals surface area contributed by atoms with Gasteiger partial charge in [-0.3, -0.25) is 4.79 Å². The third-order valence-electron chi connectivity index (χ3n) is 3.71. The van der Waals surface area contributed by atoms with Crippen molar-refractivity contribution in [3.05, 3.63) is 66.7 Å². The monoisotopic (exact) mass is 362 g/mol. The van der Waals surface area contributed by atoms with E-state index in [1.54, 1.807) is 42.3 Å². The lowest BCUT2D eigenvalue weighted by Crippen LogP contribution is -2.12. The Morgan fingerprint density at radius 2 is 1.89 bits per heavy atom. The number of carbonyl (C=O) groups is 1. The van der Waals surface area contributed by atoms with Crippen molar-refractivity contribution in [2.75, 3.05) is 12.4 Å². The third-order valence-corrected chi connectivity index (χ3v) is 3.71. The number of anilines is 1. The van der Waals surface area contributed by atoms with Crippen molar-refractivity contribution in [1.29, 1.82) is 0 Å². The van der Waals surface area contributed by atoms with Crippen molar-refractivity contribution < 1.29 is 14.1 Å². The van der Waals surface area contributed by atoms with Crippen LogP contribution < -0.4 is 10.1 Å². The number of nitrogens with zero attached hydrogens (tertiary/aromatic N) is 5. The molecule has 27 heavy (non-hydrogen) atoms. The van der Waals surface area contributed by atoms with Gasteiger partial charge in [0.25, 0.3) is 0 Å². The summed E-state index contributed by atoms with van der Waals surface area (Å²) in [5, 5.41) is 14.5. The lowest BCUT2D eigenvalue weighted by Gasteiger charge is -2.03. The van der Waals surface area contributed by atoms with Gasteiger partial charge in [0.05, 0.1) is 19.0 Å². The normalized spacial score (nSPS) is 10.6. The summed E-state index contributed by atoms with van der Waals surface area (Å²) >= 11 is 0. The Morgan fingerprint density at radius 1 is 1.11 bits per heavy atom. The molecule has 0 radical (unpaired) electrons. The van der Waals surface area contributed by atoms with Gasteiger partial charge in [-0.05, 0) is 36.4 Å². The molecule has 4 aromatic rings. The first-order valence-electron chi connectivity index (χ1n) is 8.00. The molecular formula is C18H14N6O3. The van der Waals surface area contributed by atoms with Crippen molar-refractivity contribution in [2.45, 2.75) is 0 Å². The summed E-state index contributed by atoms with van der Waals surface area (Å²) in [4.78, 5) is 16.3. The molecule has 9 nitrogen and oxygen atoms in total. The highest BCUT2D eigenvalue weighted by Gasteiger charge is 2.18. The predicted molar refractivity (Wildman–Crippen MR) is 95.6 cm³/mol. The summed E-state index contributed by atoms with van der Waals surface area (Å²) in [5.74, 6) is 0.177. The number of methoxy groups -OCH3 is 1. The zero-order chi connectivity index (χ0) is 18.6. The van der Waals surface area contributed by atoms with Crippen LogP contribution >= 0.6 is 0 Å². The summed E-state index contributed by atoms with van der Waals surface area (Å²) in [6, 6.07) is 16.4. The molecule has 0 aliphatic heterocycles. The van der Waals surface area contributed by atoms with E-state index in [1.807, 2.05) is 30.3 Å². The van der Waals surface area contributed by atoms with Crippen molar-refractivity contribution in [2.24, 2.45) is 0 Å². The fourth-order valence-electron chi connectivity index (χ4n) is 2.35. The molecule has 2 aromatic heterocycles. The van der Waals surface area contributed by atoms with Crippen LogP contribution in [0.15, 0.2) is 65.3 Å². The molecule has 9 heteroatoms. The van der Waals surface area contributed by atoms with E-state index in [2.05, 4.69) is 25.8 Å². The minimum atomic E-state index is -0.519. The van der Waals surface area contributed by atoms with E-state index in [0.29, 0.717) is 17.1 Å². The number of rotatable bonds is 5. The number of benzene rings is 2. The number of hydrogen-bond acceptors (Lipinski definition) is 7. The average Bonchev–Trinajstić information content (AvgIpc) is 3.39. The molecule has 0 spiro atoms. The van der Waals surface area contributed by atoms with Gasteiger partial charge in [0, 0.05) is 5.69 Å². The number of aromatic nitrogens is 5. The van der Waals surface area contributed by atoms with Crippen LogP contribution in [0.2, 0.25) is 0 Å². The van der Waals surface area contributed by atoms with Crippen molar-refractivity contribution in [3.63, 3.8) is 0 Å². The third kappa shape index (κ3) is 3.52. The molecule has 2 heterocycles. The second-order valence-corrected chi connectivity index (χ2v) is 5.49. The molecule has 0 bridgehead atoms. The predicted octanol–water partition coefficient (Wildman–Crippen LogP) is 2.58. The van der Waals surface area contributed by atoms with Gasteiger partial charge in [-0.1, -0.05) is 28.6 Å². The highest BCUT2D eigenvalue weighted by Crippen LogP contribution is 2.17. The van der Waals surface area contributed by atoms with E-state index >= 15 is 0 Å².